The van der Waals surface area contributed by atoms with E-state index in [0.717, 1.165) is 49.8 Å². The second kappa shape index (κ2) is 9.18. The zero-order valence-corrected chi connectivity index (χ0v) is 17.0. The van der Waals surface area contributed by atoms with Gasteiger partial charge in [0.05, 0.1) is 7.11 Å². The van der Waals surface area contributed by atoms with Crippen molar-refractivity contribution < 1.29 is 14.3 Å². The van der Waals surface area contributed by atoms with Crippen LogP contribution >= 0.6 is 0 Å². The molecule has 29 heavy (non-hydrogen) atoms. The maximum Gasteiger partial charge on any atom is 0.220 e. The van der Waals surface area contributed by atoms with E-state index in [-0.39, 0.29) is 11.8 Å². The molecule has 0 aliphatic carbocycles. The van der Waals surface area contributed by atoms with Gasteiger partial charge >= 0.3 is 0 Å². The molecule has 2 heterocycles. The number of anilines is 1. The quantitative estimate of drug-likeness (QED) is 0.781. The Morgan fingerprint density at radius 3 is 2.52 bits per heavy atom. The number of nitrogens with one attached hydrogen (secondary N) is 1. The molecule has 0 radical (unpaired) electrons. The van der Waals surface area contributed by atoms with E-state index in [4.69, 9.17) is 9.47 Å². The van der Waals surface area contributed by atoms with Crippen molar-refractivity contribution in [3.8, 4) is 11.5 Å². The number of nitrogens with zero attached hydrogens (tertiary/aromatic N) is 2. The lowest BCUT2D eigenvalue weighted by Crippen LogP contribution is -2.47. The number of rotatable bonds is 7. The summed E-state index contributed by atoms with van der Waals surface area (Å²) >= 11 is 0. The highest BCUT2D eigenvalue weighted by Gasteiger charge is 2.24. The summed E-state index contributed by atoms with van der Waals surface area (Å²) < 4.78 is 11.5. The average molecular weight is 396 g/mol. The normalized spacial score (nSPS) is 19.8. The first-order chi connectivity index (χ1) is 14.2. The van der Waals surface area contributed by atoms with Crippen LogP contribution in [0.2, 0.25) is 0 Å². The molecule has 6 nitrogen and oxygen atoms in total. The number of methoxy groups -OCH3 is 1. The highest BCUT2D eigenvalue weighted by atomic mass is 16.5. The minimum Gasteiger partial charge on any atom is -0.493 e. The molecule has 2 saturated heterocycles. The summed E-state index contributed by atoms with van der Waals surface area (Å²) in [4.78, 5) is 16.4. The van der Waals surface area contributed by atoms with Crippen molar-refractivity contribution in [3.63, 3.8) is 0 Å². The molecule has 0 spiro atoms. The molecule has 4 rings (SSSR count). The van der Waals surface area contributed by atoms with Gasteiger partial charge in [0.1, 0.15) is 6.61 Å². The summed E-state index contributed by atoms with van der Waals surface area (Å²) in [6.07, 6.45) is 0.539. The fraction of sp³-hybridized carbons (Fsp3) is 0.435. The molecular formula is C23H29N3O3. The van der Waals surface area contributed by atoms with Crippen molar-refractivity contribution in [2.75, 3.05) is 57.9 Å². The topological polar surface area (TPSA) is 54.0 Å². The van der Waals surface area contributed by atoms with Gasteiger partial charge in [-0.3, -0.25) is 9.69 Å². The Hall–Kier alpha value is -2.73. The summed E-state index contributed by atoms with van der Waals surface area (Å²) in [5.41, 5.74) is 2.42. The van der Waals surface area contributed by atoms with Crippen LogP contribution in [0.4, 0.5) is 5.69 Å². The zero-order chi connectivity index (χ0) is 20.1. The fourth-order valence-corrected chi connectivity index (χ4v) is 4.05. The van der Waals surface area contributed by atoms with Crippen molar-refractivity contribution in [1.29, 1.82) is 0 Å². The maximum absolute atomic E-state index is 11.5. The lowest BCUT2D eigenvalue weighted by molar-refractivity contribution is -0.119. The van der Waals surface area contributed by atoms with Gasteiger partial charge in [-0.15, -0.1) is 0 Å². The fourth-order valence-electron chi connectivity index (χ4n) is 4.05. The van der Waals surface area contributed by atoms with Crippen molar-refractivity contribution in [3.05, 3.63) is 54.1 Å². The predicted molar refractivity (Wildman–Crippen MR) is 114 cm³/mol. The second-order valence-electron chi connectivity index (χ2n) is 7.63. The van der Waals surface area contributed by atoms with Crippen LogP contribution in [0, 0.1) is 0 Å². The Morgan fingerprint density at radius 2 is 1.83 bits per heavy atom. The average Bonchev–Trinajstić information content (AvgIpc) is 3.21. The lowest BCUT2D eigenvalue weighted by atomic mass is 9.98. The van der Waals surface area contributed by atoms with E-state index in [9.17, 15) is 4.79 Å². The van der Waals surface area contributed by atoms with Gasteiger partial charge in [-0.1, -0.05) is 24.3 Å². The number of amides is 1. The van der Waals surface area contributed by atoms with Gasteiger partial charge in [0.15, 0.2) is 11.5 Å². The minimum atomic E-state index is 0.114. The monoisotopic (exact) mass is 395 g/mol. The molecule has 1 N–H and O–H groups in total. The Morgan fingerprint density at radius 1 is 1.03 bits per heavy atom. The van der Waals surface area contributed by atoms with Crippen LogP contribution in [-0.2, 0) is 4.79 Å². The molecule has 2 fully saturated rings. The van der Waals surface area contributed by atoms with Crippen molar-refractivity contribution >= 4 is 11.6 Å². The van der Waals surface area contributed by atoms with Crippen molar-refractivity contribution in [1.82, 2.24) is 10.2 Å². The molecule has 0 saturated carbocycles. The SMILES string of the molecule is COc1ccc(C2CNC(=O)C2)cc1OCCN1CCN(c2ccccc2)CC1. The van der Waals surface area contributed by atoms with Crippen LogP contribution in [0.5, 0.6) is 11.5 Å². The number of carbonyl (C=O) groups excluding carboxylic acids is 1. The van der Waals surface area contributed by atoms with Crippen LogP contribution in [0.15, 0.2) is 48.5 Å². The number of piperazine rings is 1. The molecule has 0 bridgehead atoms. The van der Waals surface area contributed by atoms with Gasteiger partial charge < -0.3 is 19.7 Å². The molecule has 2 aliphatic rings. The second-order valence-corrected chi connectivity index (χ2v) is 7.63. The Labute approximate surface area is 172 Å². The third kappa shape index (κ3) is 4.82. The molecular weight excluding hydrogens is 366 g/mol. The first kappa shape index (κ1) is 19.6. The van der Waals surface area contributed by atoms with E-state index >= 15 is 0 Å². The first-order valence-corrected chi connectivity index (χ1v) is 10.3. The third-order valence-electron chi connectivity index (χ3n) is 5.80. The van der Waals surface area contributed by atoms with Gasteiger partial charge in [-0.25, -0.2) is 0 Å². The number of ether oxygens (including phenoxy) is 2. The van der Waals surface area contributed by atoms with Crippen LogP contribution in [0.1, 0.15) is 17.9 Å². The molecule has 1 atom stereocenters. The number of benzene rings is 2. The minimum absolute atomic E-state index is 0.114. The van der Waals surface area contributed by atoms with E-state index in [1.807, 2.05) is 18.2 Å². The summed E-state index contributed by atoms with van der Waals surface area (Å²) in [7, 11) is 1.66. The standard InChI is InChI=1S/C23H29N3O3/c1-28-21-8-7-18(19-16-23(27)24-17-19)15-22(21)29-14-13-25-9-11-26(12-10-25)20-5-3-2-4-6-20/h2-8,15,19H,9-14,16-17H2,1H3,(H,24,27). The number of hydrogen-bond donors (Lipinski definition) is 1. The smallest absolute Gasteiger partial charge is 0.220 e. The van der Waals surface area contributed by atoms with Crippen molar-refractivity contribution in [2.45, 2.75) is 12.3 Å². The first-order valence-electron chi connectivity index (χ1n) is 10.3. The van der Waals surface area contributed by atoms with Crippen LogP contribution in [0.3, 0.4) is 0 Å². The molecule has 1 unspecified atom stereocenters. The predicted octanol–water partition coefficient (Wildman–Crippen LogP) is 2.50. The molecule has 1 amide bonds. The van der Waals surface area contributed by atoms with Crippen LogP contribution < -0.4 is 19.7 Å². The Kier molecular flexibility index (Phi) is 6.20. The molecule has 2 aromatic carbocycles. The maximum atomic E-state index is 11.5. The van der Waals surface area contributed by atoms with E-state index in [1.165, 1.54) is 5.69 Å². The molecule has 0 aromatic heterocycles. The Bertz CT molecular complexity index is 819. The van der Waals surface area contributed by atoms with E-state index in [1.54, 1.807) is 7.11 Å². The number of carbonyl (C=O) groups is 1. The van der Waals surface area contributed by atoms with Gasteiger partial charge in [0, 0.05) is 57.3 Å². The van der Waals surface area contributed by atoms with E-state index < -0.39 is 0 Å². The third-order valence-corrected chi connectivity index (χ3v) is 5.80. The molecule has 6 heteroatoms. The van der Waals surface area contributed by atoms with Gasteiger partial charge in [-0.2, -0.15) is 0 Å². The van der Waals surface area contributed by atoms with E-state index in [0.29, 0.717) is 19.6 Å². The summed E-state index contributed by atoms with van der Waals surface area (Å²) in [6, 6.07) is 16.6. The largest absolute Gasteiger partial charge is 0.493 e. The Balaban J connectivity index is 1.28. The number of para-hydroxylation sites is 1. The van der Waals surface area contributed by atoms with Crippen molar-refractivity contribution in [2.24, 2.45) is 0 Å². The molecule has 2 aromatic rings. The summed E-state index contributed by atoms with van der Waals surface area (Å²) in [5, 5.41) is 2.90. The highest BCUT2D eigenvalue weighted by molar-refractivity contribution is 5.79. The van der Waals surface area contributed by atoms with Gasteiger partial charge in [0.25, 0.3) is 0 Å². The molecule has 2 aliphatic heterocycles. The van der Waals surface area contributed by atoms with Crippen LogP contribution in [-0.4, -0.2) is 63.8 Å². The lowest BCUT2D eigenvalue weighted by Gasteiger charge is -2.36. The summed E-state index contributed by atoms with van der Waals surface area (Å²) in [6.45, 7) is 6.33. The zero-order valence-electron chi connectivity index (χ0n) is 17.0. The number of hydrogen-bond acceptors (Lipinski definition) is 5. The van der Waals surface area contributed by atoms with Crippen LogP contribution in [0.25, 0.3) is 0 Å². The summed E-state index contributed by atoms with van der Waals surface area (Å²) in [5.74, 6) is 1.82. The highest BCUT2D eigenvalue weighted by Crippen LogP contribution is 2.33. The van der Waals surface area contributed by atoms with Gasteiger partial charge in [0.2, 0.25) is 5.91 Å². The van der Waals surface area contributed by atoms with E-state index in [2.05, 4.69) is 45.4 Å². The van der Waals surface area contributed by atoms with Gasteiger partial charge in [-0.05, 0) is 29.8 Å². The molecule has 154 valence electrons.